The maximum atomic E-state index is 12.7. The predicted molar refractivity (Wildman–Crippen MR) is 71.0 cm³/mol. The number of carboxylic acids is 1. The highest BCUT2D eigenvalue weighted by Gasteiger charge is 2.48. The fourth-order valence-corrected chi connectivity index (χ4v) is 5.26. The number of ether oxygens (including phenoxy) is 2. The van der Waals surface area contributed by atoms with E-state index in [4.69, 9.17) is 9.84 Å². The van der Waals surface area contributed by atoms with Crippen LogP contribution in [-0.4, -0.2) is 67.9 Å². The molecule has 1 heterocycles. The Labute approximate surface area is 123 Å². The molecule has 2 aliphatic rings. The number of hydrogen-bond donors (Lipinski definition) is 1. The molecule has 1 saturated heterocycles. The van der Waals surface area contributed by atoms with E-state index in [9.17, 15) is 18.0 Å². The number of hydrogen-bond acceptors (Lipinski definition) is 6. The summed E-state index contributed by atoms with van der Waals surface area (Å²) in [6.07, 6.45) is 1.19. The van der Waals surface area contributed by atoms with Gasteiger partial charge in [-0.15, -0.1) is 0 Å². The van der Waals surface area contributed by atoms with Crippen molar-refractivity contribution in [3.05, 3.63) is 0 Å². The van der Waals surface area contributed by atoms with E-state index in [0.29, 0.717) is 19.3 Å². The van der Waals surface area contributed by atoms with Crippen molar-refractivity contribution < 1.29 is 32.6 Å². The summed E-state index contributed by atoms with van der Waals surface area (Å²) < 4.78 is 36.3. The van der Waals surface area contributed by atoms with Gasteiger partial charge in [0.1, 0.15) is 6.04 Å². The first kappa shape index (κ1) is 16.2. The van der Waals surface area contributed by atoms with E-state index >= 15 is 0 Å². The van der Waals surface area contributed by atoms with Gasteiger partial charge in [0.15, 0.2) is 0 Å². The van der Waals surface area contributed by atoms with Crippen molar-refractivity contribution in [1.82, 2.24) is 4.31 Å². The highest BCUT2D eigenvalue weighted by atomic mass is 32.2. The monoisotopic (exact) mass is 321 g/mol. The second kappa shape index (κ2) is 6.29. The molecule has 0 aromatic rings. The number of carboxylic acid groups (broad SMARTS) is 1. The van der Waals surface area contributed by atoms with Crippen molar-refractivity contribution in [2.75, 3.05) is 26.9 Å². The Kier molecular flexibility index (Phi) is 4.84. The van der Waals surface area contributed by atoms with Crippen LogP contribution in [0.15, 0.2) is 0 Å². The van der Waals surface area contributed by atoms with Gasteiger partial charge in [0, 0.05) is 6.54 Å². The molecule has 1 aliphatic carbocycles. The second-order valence-corrected chi connectivity index (χ2v) is 7.29. The summed E-state index contributed by atoms with van der Waals surface area (Å²) in [5.41, 5.74) is 0. The summed E-state index contributed by atoms with van der Waals surface area (Å²) >= 11 is 0. The van der Waals surface area contributed by atoms with Gasteiger partial charge >= 0.3 is 11.9 Å². The van der Waals surface area contributed by atoms with Crippen LogP contribution in [0.1, 0.15) is 19.3 Å². The zero-order chi connectivity index (χ0) is 15.6. The lowest BCUT2D eigenvalue weighted by atomic mass is 10.1. The van der Waals surface area contributed by atoms with E-state index in [-0.39, 0.29) is 19.8 Å². The molecule has 1 N–H and O–H groups in total. The molecule has 2 rings (SSSR count). The number of carbonyl (C=O) groups is 2. The van der Waals surface area contributed by atoms with Crippen molar-refractivity contribution >= 4 is 22.0 Å². The first-order chi connectivity index (χ1) is 9.89. The number of rotatable bonds is 4. The lowest BCUT2D eigenvalue weighted by Gasteiger charge is -2.35. The molecule has 120 valence electrons. The Morgan fingerprint density at radius 2 is 2.05 bits per heavy atom. The van der Waals surface area contributed by atoms with Crippen LogP contribution in [-0.2, 0) is 29.1 Å². The molecule has 0 radical (unpaired) electrons. The molecule has 1 aliphatic heterocycles. The molecule has 9 heteroatoms. The molecular formula is C12H19NO7S. The highest BCUT2D eigenvalue weighted by Crippen LogP contribution is 2.34. The standard InChI is InChI=1S/C12H19NO7S/c1-19-12(16)9-7-20-6-5-13(9)21(17,18)10-4-2-3-8(10)11(14)15/h8-10H,2-7H2,1H3,(H,14,15). The van der Waals surface area contributed by atoms with Crippen LogP contribution in [0.4, 0.5) is 0 Å². The lowest BCUT2D eigenvalue weighted by molar-refractivity contribution is -0.149. The van der Waals surface area contributed by atoms with Crippen LogP contribution in [0.25, 0.3) is 0 Å². The zero-order valence-electron chi connectivity index (χ0n) is 11.7. The molecule has 0 aromatic carbocycles. The van der Waals surface area contributed by atoms with Crippen LogP contribution in [0.5, 0.6) is 0 Å². The topological polar surface area (TPSA) is 110 Å². The first-order valence-electron chi connectivity index (χ1n) is 6.78. The van der Waals surface area contributed by atoms with Crippen molar-refractivity contribution in [1.29, 1.82) is 0 Å². The van der Waals surface area contributed by atoms with Gasteiger partial charge in [-0.1, -0.05) is 6.42 Å². The summed E-state index contributed by atoms with van der Waals surface area (Å²) in [6.45, 7) is 0.137. The van der Waals surface area contributed by atoms with Crippen molar-refractivity contribution in [3.8, 4) is 0 Å². The molecule has 0 aromatic heterocycles. The SMILES string of the molecule is COC(=O)C1COCCN1S(=O)(=O)C1CCCC1C(=O)O. The van der Waals surface area contributed by atoms with E-state index in [2.05, 4.69) is 4.74 Å². The van der Waals surface area contributed by atoms with Gasteiger partial charge in [0.05, 0.1) is 31.5 Å². The average Bonchev–Trinajstić information content (AvgIpc) is 2.97. The third-order valence-corrected chi connectivity index (χ3v) is 6.45. The van der Waals surface area contributed by atoms with Gasteiger partial charge < -0.3 is 14.6 Å². The van der Waals surface area contributed by atoms with Crippen LogP contribution in [0.3, 0.4) is 0 Å². The molecule has 8 nitrogen and oxygen atoms in total. The predicted octanol–water partition coefficient (Wildman–Crippen LogP) is -0.557. The first-order valence-corrected chi connectivity index (χ1v) is 8.29. The summed E-state index contributed by atoms with van der Waals surface area (Å²) in [4.78, 5) is 22.9. The van der Waals surface area contributed by atoms with Gasteiger partial charge in [-0.25, -0.2) is 8.42 Å². The van der Waals surface area contributed by atoms with E-state index < -0.39 is 39.2 Å². The van der Waals surface area contributed by atoms with Gasteiger partial charge in [-0.05, 0) is 12.8 Å². The van der Waals surface area contributed by atoms with Crippen LogP contribution < -0.4 is 0 Å². The number of sulfonamides is 1. The van der Waals surface area contributed by atoms with E-state index in [1.165, 1.54) is 7.11 Å². The number of nitrogens with zero attached hydrogens (tertiary/aromatic N) is 1. The Bertz CT molecular complexity index is 518. The van der Waals surface area contributed by atoms with Crippen molar-refractivity contribution in [2.24, 2.45) is 5.92 Å². The van der Waals surface area contributed by atoms with Crippen LogP contribution in [0.2, 0.25) is 0 Å². The minimum absolute atomic E-state index is 0.0327. The average molecular weight is 321 g/mol. The van der Waals surface area contributed by atoms with Gasteiger partial charge in [0.2, 0.25) is 10.0 Å². The zero-order valence-corrected chi connectivity index (χ0v) is 12.5. The maximum absolute atomic E-state index is 12.7. The van der Waals surface area contributed by atoms with Gasteiger partial charge in [0.25, 0.3) is 0 Å². The van der Waals surface area contributed by atoms with Crippen molar-refractivity contribution in [3.63, 3.8) is 0 Å². The summed E-state index contributed by atoms with van der Waals surface area (Å²) in [7, 11) is -2.71. The Morgan fingerprint density at radius 1 is 1.33 bits per heavy atom. The molecule has 0 bridgehead atoms. The maximum Gasteiger partial charge on any atom is 0.326 e. The molecule has 2 fully saturated rings. The molecular weight excluding hydrogens is 302 g/mol. The van der Waals surface area contributed by atoms with E-state index in [0.717, 1.165) is 4.31 Å². The molecule has 3 atom stereocenters. The van der Waals surface area contributed by atoms with Crippen LogP contribution in [0, 0.1) is 5.92 Å². The number of morpholine rings is 1. The summed E-state index contributed by atoms with van der Waals surface area (Å²) in [5, 5.41) is 8.18. The van der Waals surface area contributed by atoms with E-state index in [1.54, 1.807) is 0 Å². The molecule has 21 heavy (non-hydrogen) atoms. The summed E-state index contributed by atoms with van der Waals surface area (Å²) in [5.74, 6) is -2.72. The fourth-order valence-electron chi connectivity index (χ4n) is 2.95. The smallest absolute Gasteiger partial charge is 0.326 e. The Morgan fingerprint density at radius 3 is 2.67 bits per heavy atom. The van der Waals surface area contributed by atoms with Gasteiger partial charge in [-0.3, -0.25) is 9.59 Å². The molecule has 1 saturated carbocycles. The second-order valence-electron chi connectivity index (χ2n) is 5.18. The number of esters is 1. The number of carbonyl (C=O) groups excluding carboxylic acids is 1. The number of methoxy groups -OCH3 is 1. The number of aliphatic carboxylic acids is 1. The van der Waals surface area contributed by atoms with E-state index in [1.807, 2.05) is 0 Å². The fraction of sp³-hybridized carbons (Fsp3) is 0.833. The Hall–Kier alpha value is -1.19. The van der Waals surface area contributed by atoms with Gasteiger partial charge in [-0.2, -0.15) is 4.31 Å². The normalized spacial score (nSPS) is 31.0. The highest BCUT2D eigenvalue weighted by molar-refractivity contribution is 7.89. The lowest BCUT2D eigenvalue weighted by Crippen LogP contribution is -2.56. The minimum atomic E-state index is -3.89. The molecule has 0 amide bonds. The van der Waals surface area contributed by atoms with Crippen molar-refractivity contribution in [2.45, 2.75) is 30.6 Å². The third kappa shape index (κ3) is 3.04. The third-order valence-electron chi connectivity index (χ3n) is 4.03. The Balaban J connectivity index is 2.28. The molecule has 0 spiro atoms. The minimum Gasteiger partial charge on any atom is -0.481 e. The largest absolute Gasteiger partial charge is 0.481 e. The molecule has 3 unspecified atom stereocenters. The van der Waals surface area contributed by atoms with Crippen LogP contribution >= 0.6 is 0 Å². The quantitative estimate of drug-likeness (QED) is 0.691. The summed E-state index contributed by atoms with van der Waals surface area (Å²) in [6, 6.07) is -1.04.